The van der Waals surface area contributed by atoms with E-state index >= 15 is 0 Å². The molecule has 194 valence electrons. The Bertz CT molecular complexity index is 1550. The molecule has 2 aliphatic rings. The van der Waals surface area contributed by atoms with Gasteiger partial charge >= 0.3 is 5.97 Å². The summed E-state index contributed by atoms with van der Waals surface area (Å²) in [7, 11) is 1.24. The van der Waals surface area contributed by atoms with Crippen molar-refractivity contribution in [1.29, 1.82) is 0 Å². The molecule has 10 heteroatoms. The molecule has 6 rings (SSSR count). The maximum atomic E-state index is 14.8. The second-order valence-electron chi connectivity index (χ2n) is 9.16. The molecule has 0 spiro atoms. The molecular formula is C28H21Cl2FN2O5. The van der Waals surface area contributed by atoms with E-state index in [1.54, 1.807) is 30.3 Å². The van der Waals surface area contributed by atoms with Crippen molar-refractivity contribution < 1.29 is 27.9 Å². The SMILES string of the molecule is COC(=O)c1cc(F)c2c(c1)Oc1ccc(OCc3c(-c4c(Cl)cccc4Cl)noc3C3CC3)nc1CC2. The number of aromatic nitrogens is 2. The molecule has 3 heterocycles. The third-order valence-corrected chi connectivity index (χ3v) is 7.27. The van der Waals surface area contributed by atoms with Gasteiger partial charge < -0.3 is 18.7 Å². The normalized spacial score (nSPS) is 14.2. The second-order valence-corrected chi connectivity index (χ2v) is 9.97. The minimum absolute atomic E-state index is 0.0785. The zero-order valence-electron chi connectivity index (χ0n) is 20.2. The number of methoxy groups -OCH3 is 1. The Morgan fingerprint density at radius 1 is 1.11 bits per heavy atom. The fourth-order valence-corrected chi connectivity index (χ4v) is 5.13. The summed E-state index contributed by atoms with van der Waals surface area (Å²) >= 11 is 12.9. The lowest BCUT2D eigenvalue weighted by molar-refractivity contribution is 0.0599. The van der Waals surface area contributed by atoms with Crippen molar-refractivity contribution >= 4 is 29.2 Å². The van der Waals surface area contributed by atoms with Gasteiger partial charge in [-0.25, -0.2) is 14.2 Å². The molecule has 1 aliphatic carbocycles. The molecule has 0 saturated heterocycles. The fourth-order valence-electron chi connectivity index (χ4n) is 4.56. The average Bonchev–Trinajstić information content (AvgIpc) is 3.70. The largest absolute Gasteiger partial charge is 0.473 e. The van der Waals surface area contributed by atoms with Crippen molar-refractivity contribution in [1.82, 2.24) is 10.1 Å². The molecule has 1 saturated carbocycles. The van der Waals surface area contributed by atoms with E-state index in [0.29, 0.717) is 57.0 Å². The molecule has 2 aromatic heterocycles. The van der Waals surface area contributed by atoms with Crippen LogP contribution in [0.15, 0.2) is 47.0 Å². The highest BCUT2D eigenvalue weighted by molar-refractivity contribution is 6.39. The first-order valence-electron chi connectivity index (χ1n) is 12.1. The van der Waals surface area contributed by atoms with Gasteiger partial charge in [-0.1, -0.05) is 34.4 Å². The number of carbonyl (C=O) groups is 1. The number of esters is 1. The van der Waals surface area contributed by atoms with E-state index in [1.165, 1.54) is 13.2 Å². The first-order valence-corrected chi connectivity index (χ1v) is 12.8. The molecular weight excluding hydrogens is 534 g/mol. The zero-order valence-corrected chi connectivity index (χ0v) is 21.7. The van der Waals surface area contributed by atoms with E-state index in [1.807, 2.05) is 0 Å². The van der Waals surface area contributed by atoms with Crippen LogP contribution in [0.25, 0.3) is 11.3 Å². The lowest BCUT2D eigenvalue weighted by Crippen LogP contribution is -2.04. The number of pyridine rings is 1. The smallest absolute Gasteiger partial charge is 0.338 e. The van der Waals surface area contributed by atoms with E-state index in [-0.39, 0.29) is 23.8 Å². The van der Waals surface area contributed by atoms with Gasteiger partial charge in [0.1, 0.15) is 35.4 Å². The summed E-state index contributed by atoms with van der Waals surface area (Å²) in [5, 5.41) is 5.23. The van der Waals surface area contributed by atoms with Crippen LogP contribution in [-0.2, 0) is 24.2 Å². The Labute approximate surface area is 227 Å². The molecule has 1 aliphatic heterocycles. The highest BCUT2D eigenvalue weighted by atomic mass is 35.5. The fraction of sp³-hybridized carbons (Fsp3) is 0.250. The molecule has 1 fully saturated rings. The number of ether oxygens (including phenoxy) is 3. The van der Waals surface area contributed by atoms with Crippen molar-refractivity contribution in [3.8, 4) is 28.6 Å². The predicted octanol–water partition coefficient (Wildman–Crippen LogP) is 7.32. The molecule has 0 bridgehead atoms. The predicted molar refractivity (Wildman–Crippen MR) is 138 cm³/mol. The van der Waals surface area contributed by atoms with Crippen LogP contribution in [0.2, 0.25) is 10.0 Å². The van der Waals surface area contributed by atoms with E-state index in [0.717, 1.165) is 30.2 Å². The maximum Gasteiger partial charge on any atom is 0.338 e. The summed E-state index contributed by atoms with van der Waals surface area (Å²) in [5.41, 5.74) is 2.99. The third kappa shape index (κ3) is 4.59. The molecule has 0 radical (unpaired) electrons. The molecule has 2 aromatic carbocycles. The monoisotopic (exact) mass is 554 g/mol. The van der Waals surface area contributed by atoms with Crippen LogP contribution < -0.4 is 9.47 Å². The van der Waals surface area contributed by atoms with Crippen LogP contribution in [0.4, 0.5) is 4.39 Å². The molecule has 0 N–H and O–H groups in total. The second kappa shape index (κ2) is 9.93. The van der Waals surface area contributed by atoms with Crippen molar-refractivity contribution in [3.05, 3.63) is 86.5 Å². The molecule has 4 aromatic rings. The van der Waals surface area contributed by atoms with E-state index in [9.17, 15) is 9.18 Å². The van der Waals surface area contributed by atoms with Crippen LogP contribution in [0.3, 0.4) is 0 Å². The summed E-state index contributed by atoms with van der Waals surface area (Å²) in [6, 6.07) is 11.3. The summed E-state index contributed by atoms with van der Waals surface area (Å²) in [6.07, 6.45) is 2.80. The van der Waals surface area contributed by atoms with Crippen molar-refractivity contribution in [2.75, 3.05) is 7.11 Å². The number of carbonyl (C=O) groups excluding carboxylic acids is 1. The highest BCUT2D eigenvalue weighted by Gasteiger charge is 2.34. The maximum absolute atomic E-state index is 14.8. The van der Waals surface area contributed by atoms with E-state index < -0.39 is 11.8 Å². The van der Waals surface area contributed by atoms with Crippen LogP contribution in [0, 0.1) is 5.82 Å². The zero-order chi connectivity index (χ0) is 26.4. The van der Waals surface area contributed by atoms with Crippen LogP contribution in [0.5, 0.6) is 17.4 Å². The van der Waals surface area contributed by atoms with Gasteiger partial charge in [-0.05, 0) is 56.0 Å². The van der Waals surface area contributed by atoms with Gasteiger partial charge in [0.15, 0.2) is 0 Å². The summed E-state index contributed by atoms with van der Waals surface area (Å²) in [6.45, 7) is 0.149. The van der Waals surface area contributed by atoms with Gasteiger partial charge in [-0.2, -0.15) is 0 Å². The van der Waals surface area contributed by atoms with E-state index in [2.05, 4.69) is 10.1 Å². The molecule has 7 nitrogen and oxygen atoms in total. The Morgan fingerprint density at radius 2 is 1.89 bits per heavy atom. The quantitative estimate of drug-likeness (QED) is 0.231. The standard InChI is InChI=1S/C28H21Cl2FN2O5/c1-35-28(34)15-11-20(31)16-7-8-21-22(37-23(16)12-15)9-10-24(32-21)36-13-17-26(33-38-27(17)14-5-6-14)25-18(29)3-2-4-19(25)30/h2-4,9-12,14H,5-8,13H2,1H3. The molecule has 38 heavy (non-hydrogen) atoms. The lowest BCUT2D eigenvalue weighted by Gasteiger charge is -2.12. The number of hydrogen-bond donors (Lipinski definition) is 0. The summed E-state index contributed by atoms with van der Waals surface area (Å²) in [4.78, 5) is 16.5. The average molecular weight is 555 g/mol. The molecule has 0 unspecified atom stereocenters. The number of rotatable bonds is 6. The van der Waals surface area contributed by atoms with Gasteiger partial charge in [0, 0.05) is 23.1 Å². The van der Waals surface area contributed by atoms with Gasteiger partial charge in [-0.15, -0.1) is 0 Å². The number of aryl methyl sites for hydroxylation is 1. The molecule has 0 amide bonds. The van der Waals surface area contributed by atoms with Crippen LogP contribution >= 0.6 is 23.2 Å². The first-order chi connectivity index (χ1) is 18.4. The van der Waals surface area contributed by atoms with Crippen molar-refractivity contribution in [2.45, 2.75) is 38.2 Å². The van der Waals surface area contributed by atoms with Crippen LogP contribution in [-0.4, -0.2) is 23.2 Å². The van der Waals surface area contributed by atoms with Gasteiger partial charge in [-0.3, -0.25) is 0 Å². The van der Waals surface area contributed by atoms with Crippen molar-refractivity contribution in [2.24, 2.45) is 0 Å². The van der Waals surface area contributed by atoms with Gasteiger partial charge in [0.25, 0.3) is 0 Å². The highest BCUT2D eigenvalue weighted by Crippen LogP contribution is 2.46. The lowest BCUT2D eigenvalue weighted by atomic mass is 10.0. The minimum Gasteiger partial charge on any atom is -0.473 e. The van der Waals surface area contributed by atoms with Gasteiger partial charge in [0.05, 0.1) is 34.0 Å². The Balaban J connectivity index is 1.27. The number of fused-ring (bicyclic) bond motifs is 2. The summed E-state index contributed by atoms with van der Waals surface area (Å²) in [5.74, 6) is 0.975. The molecule has 0 atom stereocenters. The number of benzene rings is 2. The first kappa shape index (κ1) is 24.7. The Kier molecular flexibility index (Phi) is 6.45. The number of hydrogen-bond acceptors (Lipinski definition) is 7. The Morgan fingerprint density at radius 3 is 2.63 bits per heavy atom. The Hall–Kier alpha value is -3.62. The van der Waals surface area contributed by atoms with Gasteiger partial charge in [0.2, 0.25) is 5.88 Å². The summed E-state index contributed by atoms with van der Waals surface area (Å²) < 4.78 is 37.2. The van der Waals surface area contributed by atoms with Crippen LogP contribution in [0.1, 0.15) is 51.7 Å². The van der Waals surface area contributed by atoms with E-state index in [4.69, 9.17) is 41.9 Å². The number of nitrogens with zero attached hydrogens (tertiary/aromatic N) is 2. The number of halogens is 3. The van der Waals surface area contributed by atoms with Crippen molar-refractivity contribution in [3.63, 3.8) is 0 Å². The third-order valence-electron chi connectivity index (χ3n) is 6.64. The topological polar surface area (TPSA) is 83.7 Å². The minimum atomic E-state index is -0.640.